The SMILES string of the molecule is COC(=O)c1nc(Cl)c(OC)nc1Nc1ccc(N2CCOCC2)cc1. The van der Waals surface area contributed by atoms with Crippen molar-refractivity contribution in [2.24, 2.45) is 0 Å². The van der Waals surface area contributed by atoms with Gasteiger partial charge in [0.25, 0.3) is 5.88 Å². The zero-order valence-electron chi connectivity index (χ0n) is 14.5. The molecule has 0 aliphatic carbocycles. The van der Waals surface area contributed by atoms with E-state index in [4.69, 9.17) is 25.8 Å². The molecule has 2 heterocycles. The largest absolute Gasteiger partial charge is 0.479 e. The number of hydrogen-bond acceptors (Lipinski definition) is 8. The lowest BCUT2D eigenvalue weighted by atomic mass is 10.2. The maximum absolute atomic E-state index is 12.0. The number of methoxy groups -OCH3 is 2. The van der Waals surface area contributed by atoms with Crippen LogP contribution in [0.5, 0.6) is 5.88 Å². The molecule has 0 unspecified atom stereocenters. The van der Waals surface area contributed by atoms with Gasteiger partial charge in [0, 0.05) is 24.5 Å². The first-order valence-electron chi connectivity index (χ1n) is 8.02. The second-order valence-corrected chi connectivity index (χ2v) is 5.84. The molecule has 138 valence electrons. The van der Waals surface area contributed by atoms with Gasteiger partial charge in [-0.2, -0.15) is 4.98 Å². The molecule has 0 radical (unpaired) electrons. The normalized spacial score (nSPS) is 14.0. The smallest absolute Gasteiger partial charge is 0.360 e. The molecule has 3 rings (SSSR count). The third kappa shape index (κ3) is 3.97. The highest BCUT2D eigenvalue weighted by Gasteiger charge is 2.20. The van der Waals surface area contributed by atoms with Gasteiger partial charge in [-0.05, 0) is 24.3 Å². The molecule has 1 fully saturated rings. The van der Waals surface area contributed by atoms with Gasteiger partial charge in [-0.3, -0.25) is 0 Å². The molecular formula is C17H19ClN4O4. The average molecular weight is 379 g/mol. The summed E-state index contributed by atoms with van der Waals surface area (Å²) in [7, 11) is 2.69. The van der Waals surface area contributed by atoms with Gasteiger partial charge < -0.3 is 24.4 Å². The number of rotatable bonds is 5. The Morgan fingerprint density at radius 3 is 2.50 bits per heavy atom. The van der Waals surface area contributed by atoms with Crippen LogP contribution in [0, 0.1) is 0 Å². The highest BCUT2D eigenvalue weighted by Crippen LogP contribution is 2.27. The van der Waals surface area contributed by atoms with Gasteiger partial charge in [0.2, 0.25) is 0 Å². The van der Waals surface area contributed by atoms with Crippen LogP contribution in [0.25, 0.3) is 0 Å². The maximum Gasteiger partial charge on any atom is 0.360 e. The lowest BCUT2D eigenvalue weighted by Crippen LogP contribution is -2.36. The van der Waals surface area contributed by atoms with Gasteiger partial charge in [0.15, 0.2) is 16.7 Å². The summed E-state index contributed by atoms with van der Waals surface area (Å²) in [6.45, 7) is 3.17. The van der Waals surface area contributed by atoms with E-state index in [-0.39, 0.29) is 22.5 Å². The Hall–Kier alpha value is -2.58. The van der Waals surface area contributed by atoms with E-state index in [1.165, 1.54) is 14.2 Å². The number of nitrogens with zero attached hydrogens (tertiary/aromatic N) is 3. The van der Waals surface area contributed by atoms with Gasteiger partial charge in [-0.1, -0.05) is 11.6 Å². The highest BCUT2D eigenvalue weighted by atomic mass is 35.5. The van der Waals surface area contributed by atoms with Crippen LogP contribution >= 0.6 is 11.6 Å². The lowest BCUT2D eigenvalue weighted by molar-refractivity contribution is 0.0594. The molecule has 1 N–H and O–H groups in total. The molecule has 8 nitrogen and oxygen atoms in total. The minimum Gasteiger partial charge on any atom is -0.479 e. The highest BCUT2D eigenvalue weighted by molar-refractivity contribution is 6.30. The summed E-state index contributed by atoms with van der Waals surface area (Å²) in [6.07, 6.45) is 0. The Morgan fingerprint density at radius 2 is 1.88 bits per heavy atom. The first kappa shape index (κ1) is 18.2. The van der Waals surface area contributed by atoms with E-state index in [9.17, 15) is 4.79 Å². The molecule has 1 saturated heterocycles. The summed E-state index contributed by atoms with van der Waals surface area (Å²) in [5, 5.41) is 3.05. The molecule has 0 spiro atoms. The average Bonchev–Trinajstić information content (AvgIpc) is 2.69. The summed E-state index contributed by atoms with van der Waals surface area (Å²) in [5.41, 5.74) is 1.83. The van der Waals surface area contributed by atoms with E-state index >= 15 is 0 Å². The minimum atomic E-state index is -0.644. The van der Waals surface area contributed by atoms with Crippen LogP contribution in [0.1, 0.15) is 10.5 Å². The molecule has 1 aromatic carbocycles. The van der Waals surface area contributed by atoms with Crippen LogP contribution in [0.2, 0.25) is 5.15 Å². The van der Waals surface area contributed by atoms with Crippen LogP contribution in [0.15, 0.2) is 24.3 Å². The Balaban J connectivity index is 1.84. The van der Waals surface area contributed by atoms with Crippen molar-refractivity contribution in [1.29, 1.82) is 0 Å². The van der Waals surface area contributed by atoms with Crippen molar-refractivity contribution < 1.29 is 19.0 Å². The Morgan fingerprint density at radius 1 is 1.19 bits per heavy atom. The zero-order chi connectivity index (χ0) is 18.5. The van der Waals surface area contributed by atoms with Crippen molar-refractivity contribution in [2.75, 3.05) is 50.7 Å². The van der Waals surface area contributed by atoms with Crippen molar-refractivity contribution >= 4 is 34.8 Å². The second kappa shape index (κ2) is 8.20. The first-order valence-corrected chi connectivity index (χ1v) is 8.40. The summed E-state index contributed by atoms with van der Waals surface area (Å²) in [4.78, 5) is 22.4. The summed E-state index contributed by atoms with van der Waals surface area (Å²) in [6, 6.07) is 7.78. The molecule has 2 aromatic rings. The maximum atomic E-state index is 12.0. The van der Waals surface area contributed by atoms with Gasteiger partial charge in [-0.25, -0.2) is 9.78 Å². The topological polar surface area (TPSA) is 85.8 Å². The molecule has 0 bridgehead atoms. The number of ether oxygens (including phenoxy) is 3. The number of anilines is 3. The number of halogens is 1. The number of morpholine rings is 1. The summed E-state index contributed by atoms with van der Waals surface area (Å²) >= 11 is 5.96. The Bertz CT molecular complexity index is 779. The predicted molar refractivity (Wildman–Crippen MR) is 97.7 cm³/mol. The lowest BCUT2D eigenvalue weighted by Gasteiger charge is -2.28. The van der Waals surface area contributed by atoms with Gasteiger partial charge >= 0.3 is 5.97 Å². The van der Waals surface area contributed by atoms with Gasteiger partial charge in [0.1, 0.15) is 0 Å². The van der Waals surface area contributed by atoms with Crippen molar-refractivity contribution in [3.8, 4) is 5.88 Å². The molecule has 1 aliphatic rings. The number of esters is 1. The Kier molecular flexibility index (Phi) is 5.75. The summed E-state index contributed by atoms with van der Waals surface area (Å²) < 4.78 is 15.2. The van der Waals surface area contributed by atoms with Crippen LogP contribution in [-0.2, 0) is 9.47 Å². The fraction of sp³-hybridized carbons (Fsp3) is 0.353. The Labute approximate surface area is 156 Å². The number of aromatic nitrogens is 2. The third-order valence-electron chi connectivity index (χ3n) is 3.90. The van der Waals surface area contributed by atoms with E-state index < -0.39 is 5.97 Å². The van der Waals surface area contributed by atoms with E-state index in [1.54, 1.807) is 0 Å². The molecule has 26 heavy (non-hydrogen) atoms. The van der Waals surface area contributed by atoms with Crippen LogP contribution in [0.4, 0.5) is 17.2 Å². The molecule has 1 aliphatic heterocycles. The van der Waals surface area contributed by atoms with Crippen molar-refractivity contribution in [3.63, 3.8) is 0 Å². The number of nitrogens with one attached hydrogen (secondary N) is 1. The van der Waals surface area contributed by atoms with E-state index in [1.807, 2.05) is 24.3 Å². The molecule has 1 aromatic heterocycles. The predicted octanol–water partition coefficient (Wildman–Crippen LogP) is 2.51. The minimum absolute atomic E-state index is 0.0129. The molecule has 9 heteroatoms. The van der Waals surface area contributed by atoms with Crippen molar-refractivity contribution in [3.05, 3.63) is 35.1 Å². The van der Waals surface area contributed by atoms with E-state index in [0.29, 0.717) is 0 Å². The number of carbonyl (C=O) groups excluding carboxylic acids is 1. The number of hydrogen-bond donors (Lipinski definition) is 1. The fourth-order valence-electron chi connectivity index (χ4n) is 2.57. The summed E-state index contributed by atoms with van der Waals surface area (Å²) in [5.74, 6) is -0.321. The van der Waals surface area contributed by atoms with Crippen molar-refractivity contribution in [2.45, 2.75) is 0 Å². The zero-order valence-corrected chi connectivity index (χ0v) is 15.2. The van der Waals surface area contributed by atoms with Gasteiger partial charge in [0.05, 0.1) is 27.4 Å². The van der Waals surface area contributed by atoms with E-state index in [0.717, 1.165) is 37.7 Å². The molecule has 0 saturated carbocycles. The molecule has 0 atom stereocenters. The van der Waals surface area contributed by atoms with Crippen molar-refractivity contribution in [1.82, 2.24) is 9.97 Å². The van der Waals surface area contributed by atoms with Crippen LogP contribution in [-0.4, -0.2) is 56.5 Å². The second-order valence-electron chi connectivity index (χ2n) is 5.48. The fourth-order valence-corrected chi connectivity index (χ4v) is 2.77. The number of carbonyl (C=O) groups is 1. The molecule has 0 amide bonds. The quantitative estimate of drug-likeness (QED) is 0.794. The third-order valence-corrected chi connectivity index (χ3v) is 4.15. The first-order chi connectivity index (χ1) is 12.6. The number of benzene rings is 1. The van der Waals surface area contributed by atoms with Crippen LogP contribution < -0.4 is 15.0 Å². The van der Waals surface area contributed by atoms with E-state index in [2.05, 4.69) is 20.2 Å². The van der Waals surface area contributed by atoms with Gasteiger partial charge in [-0.15, -0.1) is 0 Å². The monoisotopic (exact) mass is 378 g/mol. The van der Waals surface area contributed by atoms with Crippen LogP contribution in [0.3, 0.4) is 0 Å². The molecular weight excluding hydrogens is 360 g/mol. The standard InChI is InChI=1S/C17H19ClN4O4/c1-24-16-14(18)20-13(17(23)25-2)15(21-16)19-11-3-5-12(6-4-11)22-7-9-26-10-8-22/h3-6H,7-10H2,1-2H3,(H,19,21).